The Balaban J connectivity index is 2.79. The molecule has 1 atom stereocenters. The maximum atomic E-state index is 12.3. The zero-order valence-electron chi connectivity index (χ0n) is 14.2. The summed E-state index contributed by atoms with van der Waals surface area (Å²) in [5.74, 6) is -2.62. The topological polar surface area (TPSA) is 132 Å². The van der Waals surface area contributed by atoms with Crippen molar-refractivity contribution in [3.8, 4) is 6.07 Å². The van der Waals surface area contributed by atoms with Gasteiger partial charge in [0.15, 0.2) is 0 Å². The van der Waals surface area contributed by atoms with Gasteiger partial charge in [-0.25, -0.2) is 9.59 Å². The lowest BCUT2D eigenvalue weighted by molar-refractivity contribution is -0.384. The highest BCUT2D eigenvalue weighted by molar-refractivity contribution is 6.00. The molecule has 0 aromatic heterocycles. The van der Waals surface area contributed by atoms with Crippen molar-refractivity contribution in [2.75, 3.05) is 14.2 Å². The van der Waals surface area contributed by atoms with Crippen LogP contribution in [0.5, 0.6) is 0 Å². The molecule has 1 aromatic carbocycles. The summed E-state index contributed by atoms with van der Waals surface area (Å²) >= 11 is 0. The molecule has 1 unspecified atom stereocenters. The first-order chi connectivity index (χ1) is 12.3. The number of carbonyl (C=O) groups excluding carboxylic acids is 2. The third kappa shape index (κ3) is 3.25. The van der Waals surface area contributed by atoms with Gasteiger partial charge in [-0.15, -0.1) is 0 Å². The molecule has 26 heavy (non-hydrogen) atoms. The quantitative estimate of drug-likeness (QED) is 0.489. The van der Waals surface area contributed by atoms with Gasteiger partial charge in [-0.05, 0) is 12.5 Å². The van der Waals surface area contributed by atoms with E-state index in [-0.39, 0.29) is 28.1 Å². The Bertz CT molecular complexity index is 894. The lowest BCUT2D eigenvalue weighted by Gasteiger charge is -2.28. The van der Waals surface area contributed by atoms with Crippen molar-refractivity contribution in [2.45, 2.75) is 12.8 Å². The van der Waals surface area contributed by atoms with E-state index >= 15 is 0 Å². The molecule has 0 amide bonds. The van der Waals surface area contributed by atoms with Gasteiger partial charge < -0.3 is 14.8 Å². The molecule has 0 bridgehead atoms. The zero-order valence-corrected chi connectivity index (χ0v) is 14.2. The average molecular weight is 357 g/mol. The Kier molecular flexibility index (Phi) is 5.37. The summed E-state index contributed by atoms with van der Waals surface area (Å²) in [5.41, 5.74) is 0.212. The monoisotopic (exact) mass is 357 g/mol. The van der Waals surface area contributed by atoms with Crippen LogP contribution in [0.15, 0.2) is 46.8 Å². The summed E-state index contributed by atoms with van der Waals surface area (Å²) in [7, 11) is 2.31. The van der Waals surface area contributed by atoms with E-state index in [0.717, 1.165) is 7.11 Å². The molecule has 134 valence electrons. The zero-order chi connectivity index (χ0) is 19.4. The Morgan fingerprint density at radius 1 is 1.23 bits per heavy atom. The molecular formula is C17H15N3O6. The summed E-state index contributed by atoms with van der Waals surface area (Å²) in [6.45, 7) is 1.54. The maximum Gasteiger partial charge on any atom is 0.337 e. The molecule has 1 heterocycles. The van der Waals surface area contributed by atoms with Crippen LogP contribution in [0.4, 0.5) is 5.69 Å². The van der Waals surface area contributed by atoms with Crippen LogP contribution in [0.1, 0.15) is 18.4 Å². The van der Waals surface area contributed by atoms with Crippen LogP contribution in [0.2, 0.25) is 0 Å². The minimum atomic E-state index is -1.05. The van der Waals surface area contributed by atoms with Gasteiger partial charge in [-0.3, -0.25) is 10.1 Å². The summed E-state index contributed by atoms with van der Waals surface area (Å²) in [6.07, 6.45) is 0. The number of esters is 2. The summed E-state index contributed by atoms with van der Waals surface area (Å²) < 4.78 is 9.54. The van der Waals surface area contributed by atoms with Crippen LogP contribution in [0.25, 0.3) is 0 Å². The number of benzene rings is 1. The van der Waals surface area contributed by atoms with Crippen molar-refractivity contribution in [1.82, 2.24) is 5.32 Å². The third-order valence-corrected chi connectivity index (χ3v) is 3.90. The smallest absolute Gasteiger partial charge is 0.337 e. The van der Waals surface area contributed by atoms with Gasteiger partial charge in [0.1, 0.15) is 11.8 Å². The molecule has 1 N–H and O–H groups in total. The number of rotatable bonds is 4. The SMILES string of the molecule is COC(=O)C1=C(C)NC(C#N)=C(C(=O)OC)C1c1cccc([N+](=O)[O-])c1. The predicted octanol–water partition coefficient (Wildman–Crippen LogP) is 1.68. The van der Waals surface area contributed by atoms with Gasteiger partial charge in [0, 0.05) is 17.8 Å². The minimum Gasteiger partial charge on any atom is -0.466 e. The van der Waals surface area contributed by atoms with Crippen LogP contribution in [-0.4, -0.2) is 31.1 Å². The number of nitrogens with zero attached hydrogens (tertiary/aromatic N) is 2. The van der Waals surface area contributed by atoms with Crippen molar-refractivity contribution >= 4 is 17.6 Å². The van der Waals surface area contributed by atoms with Crippen LogP contribution in [0, 0.1) is 21.4 Å². The first-order valence-electron chi connectivity index (χ1n) is 7.38. The number of carbonyl (C=O) groups is 2. The lowest BCUT2D eigenvalue weighted by Crippen LogP contribution is -2.32. The number of dihydropyridines is 1. The second-order valence-corrected chi connectivity index (χ2v) is 5.33. The average Bonchev–Trinajstić information content (AvgIpc) is 2.65. The highest BCUT2D eigenvalue weighted by Gasteiger charge is 2.39. The maximum absolute atomic E-state index is 12.3. The molecule has 0 saturated carbocycles. The predicted molar refractivity (Wildman–Crippen MR) is 88.3 cm³/mol. The van der Waals surface area contributed by atoms with Crippen molar-refractivity contribution in [2.24, 2.45) is 0 Å². The third-order valence-electron chi connectivity index (χ3n) is 3.90. The van der Waals surface area contributed by atoms with Gasteiger partial charge in [0.2, 0.25) is 0 Å². The first kappa shape index (κ1) is 18.7. The molecule has 9 heteroatoms. The Morgan fingerprint density at radius 2 is 1.85 bits per heavy atom. The first-order valence-corrected chi connectivity index (χ1v) is 7.38. The molecule has 1 aliphatic heterocycles. The summed E-state index contributed by atoms with van der Waals surface area (Å²) in [6, 6.07) is 7.34. The van der Waals surface area contributed by atoms with Gasteiger partial charge >= 0.3 is 11.9 Å². The highest BCUT2D eigenvalue weighted by atomic mass is 16.6. The fraction of sp³-hybridized carbons (Fsp3) is 0.235. The fourth-order valence-corrected chi connectivity index (χ4v) is 2.78. The molecule has 2 rings (SSSR count). The summed E-state index contributed by atoms with van der Waals surface area (Å²) in [4.78, 5) is 35.1. The van der Waals surface area contributed by atoms with E-state index in [0.29, 0.717) is 5.70 Å². The van der Waals surface area contributed by atoms with E-state index in [9.17, 15) is 25.0 Å². The van der Waals surface area contributed by atoms with E-state index in [1.807, 2.05) is 6.07 Å². The van der Waals surface area contributed by atoms with Crippen LogP contribution >= 0.6 is 0 Å². The van der Waals surface area contributed by atoms with Crippen molar-refractivity contribution in [3.63, 3.8) is 0 Å². The molecule has 0 fully saturated rings. The second-order valence-electron chi connectivity index (χ2n) is 5.33. The summed E-state index contributed by atoms with van der Waals surface area (Å²) in [5, 5.41) is 23.2. The number of nitro groups is 1. The van der Waals surface area contributed by atoms with E-state index in [1.54, 1.807) is 6.92 Å². The van der Waals surface area contributed by atoms with Crippen LogP contribution < -0.4 is 5.32 Å². The number of ether oxygens (including phenoxy) is 2. The molecular weight excluding hydrogens is 342 g/mol. The molecule has 0 saturated heterocycles. The number of hydrogen-bond donors (Lipinski definition) is 1. The molecule has 1 aromatic rings. The number of hydrogen-bond acceptors (Lipinski definition) is 8. The normalized spacial score (nSPS) is 16.5. The van der Waals surface area contributed by atoms with Gasteiger partial charge in [0.25, 0.3) is 5.69 Å². The number of nitriles is 1. The molecule has 0 radical (unpaired) electrons. The van der Waals surface area contributed by atoms with Crippen molar-refractivity contribution in [1.29, 1.82) is 5.26 Å². The van der Waals surface area contributed by atoms with E-state index in [2.05, 4.69) is 5.32 Å². The number of methoxy groups -OCH3 is 2. The van der Waals surface area contributed by atoms with Gasteiger partial charge in [-0.1, -0.05) is 12.1 Å². The standard InChI is InChI=1S/C17H15N3O6/c1-9-13(16(21)25-2)14(10-5-4-6-11(7-10)20(23)24)15(17(22)26-3)12(8-18)19-9/h4-7,14,19H,1-3H3. The van der Waals surface area contributed by atoms with E-state index in [4.69, 9.17) is 9.47 Å². The molecule has 0 spiro atoms. The van der Waals surface area contributed by atoms with Crippen LogP contribution in [0.3, 0.4) is 0 Å². The lowest BCUT2D eigenvalue weighted by atomic mass is 9.80. The number of nitrogens with one attached hydrogen (secondary N) is 1. The fourth-order valence-electron chi connectivity index (χ4n) is 2.78. The van der Waals surface area contributed by atoms with Gasteiger partial charge in [-0.2, -0.15) is 5.26 Å². The van der Waals surface area contributed by atoms with E-state index in [1.165, 1.54) is 31.4 Å². The Morgan fingerprint density at radius 3 is 2.38 bits per heavy atom. The van der Waals surface area contributed by atoms with E-state index < -0.39 is 22.8 Å². The van der Waals surface area contributed by atoms with Gasteiger partial charge in [0.05, 0.1) is 36.2 Å². The Labute approximate surface area is 148 Å². The van der Waals surface area contributed by atoms with Crippen molar-refractivity contribution in [3.05, 3.63) is 62.5 Å². The van der Waals surface area contributed by atoms with Crippen LogP contribution in [-0.2, 0) is 19.1 Å². The van der Waals surface area contributed by atoms with Crippen molar-refractivity contribution < 1.29 is 24.0 Å². The highest BCUT2D eigenvalue weighted by Crippen LogP contribution is 2.39. The molecule has 9 nitrogen and oxygen atoms in total. The minimum absolute atomic E-state index is 0.0624. The second kappa shape index (κ2) is 7.48. The Hall–Kier alpha value is -3.67. The number of non-ortho nitro benzene ring substituents is 1. The largest absolute Gasteiger partial charge is 0.466 e. The molecule has 1 aliphatic rings. The number of allylic oxidation sites excluding steroid dienone is 2. The molecule has 0 aliphatic carbocycles. The number of nitro benzene ring substituents is 1.